The Morgan fingerprint density at radius 1 is 1.13 bits per heavy atom. The first-order chi connectivity index (χ1) is 14.5. The maximum Gasteiger partial charge on any atom is 0.303 e. The third-order valence-corrected chi connectivity index (χ3v) is 10.9. The molecule has 6 aliphatic carbocycles. The van der Waals surface area contributed by atoms with E-state index < -0.39 is 35.1 Å². The summed E-state index contributed by atoms with van der Waals surface area (Å²) in [7, 11) is 0. The summed E-state index contributed by atoms with van der Waals surface area (Å²) in [4.78, 5) is 26.5. The highest BCUT2D eigenvalue weighted by Gasteiger charge is 2.95. The topological polar surface area (TPSA) is 96.3 Å². The zero-order valence-corrected chi connectivity index (χ0v) is 18.3. The van der Waals surface area contributed by atoms with Gasteiger partial charge in [0.25, 0.3) is 0 Å². The van der Waals surface area contributed by atoms with Crippen LogP contribution in [0, 0.1) is 34.0 Å². The predicted octanol–water partition coefficient (Wildman–Crippen LogP) is 1.02. The van der Waals surface area contributed by atoms with Gasteiger partial charge >= 0.3 is 11.9 Å². The third kappa shape index (κ3) is 1.65. The number of carbonyl (C=O) groups is 2. The molecule has 31 heavy (non-hydrogen) atoms. The van der Waals surface area contributed by atoms with Gasteiger partial charge in [-0.15, -0.1) is 0 Å². The first-order valence-corrected chi connectivity index (χ1v) is 11.7. The van der Waals surface area contributed by atoms with Crippen molar-refractivity contribution in [2.24, 2.45) is 34.0 Å². The summed E-state index contributed by atoms with van der Waals surface area (Å²) in [6.07, 6.45) is 1.30. The maximum atomic E-state index is 12.6. The van der Waals surface area contributed by atoms with Gasteiger partial charge in [0.2, 0.25) is 0 Å². The van der Waals surface area contributed by atoms with Crippen molar-refractivity contribution in [2.45, 2.75) is 82.5 Å². The van der Waals surface area contributed by atoms with E-state index in [1.807, 2.05) is 0 Å². The minimum Gasteiger partial charge on any atom is -0.463 e. The Bertz CT molecular complexity index is 966. The molecule has 0 aromatic carbocycles. The Balaban J connectivity index is 1.47. The number of piperidine rings is 2. The van der Waals surface area contributed by atoms with Crippen molar-refractivity contribution in [3.8, 4) is 0 Å². The molecule has 0 amide bonds. The first kappa shape index (κ1) is 19.1. The molecule has 3 saturated heterocycles. The molecule has 9 rings (SSSR count). The largest absolute Gasteiger partial charge is 0.463 e. The number of rotatable bonds is 2. The Hall–Kier alpha value is -1.44. The molecule has 0 aromatic rings. The van der Waals surface area contributed by atoms with E-state index in [0.717, 1.165) is 25.0 Å². The molecule has 13 atom stereocenters. The van der Waals surface area contributed by atoms with Gasteiger partial charge in [0.05, 0.1) is 6.10 Å². The predicted molar refractivity (Wildman–Crippen MR) is 107 cm³/mol. The summed E-state index contributed by atoms with van der Waals surface area (Å²) in [5, 5.41) is 24.4. The standard InChI is InChI=1S/C24H31NO6/c1-10-5-22-8-14-17-21(4)6-13(30-11(2)26)7-23(17)18(22)16(28)15(10)19(31-12(3)27)24(22,29)20(23)25(14)9-21/h13-20,28-29H,1,5-9H2,2-4H3/t13?,14?,15?,16?,17-,18-,19?,20?,21+,22?,23?,24?/m1/s1. The van der Waals surface area contributed by atoms with Gasteiger partial charge in [-0.2, -0.15) is 0 Å². The molecule has 6 saturated carbocycles. The number of aliphatic hydroxyl groups is 2. The van der Waals surface area contributed by atoms with Crippen LogP contribution in [0.4, 0.5) is 0 Å². The summed E-state index contributed by atoms with van der Waals surface area (Å²) < 4.78 is 11.6. The summed E-state index contributed by atoms with van der Waals surface area (Å²) in [6, 6.07) is 0.176. The average molecular weight is 430 g/mol. The molecule has 0 radical (unpaired) electrons. The second-order valence-corrected chi connectivity index (χ2v) is 12.1. The van der Waals surface area contributed by atoms with Gasteiger partial charge in [-0.3, -0.25) is 14.5 Å². The summed E-state index contributed by atoms with van der Waals surface area (Å²) >= 11 is 0. The van der Waals surface area contributed by atoms with E-state index in [9.17, 15) is 19.8 Å². The maximum absolute atomic E-state index is 12.6. The number of aliphatic hydroxyl groups excluding tert-OH is 1. The van der Waals surface area contributed by atoms with E-state index >= 15 is 0 Å². The molecule has 2 N–H and O–H groups in total. The van der Waals surface area contributed by atoms with Crippen LogP contribution in [0.5, 0.6) is 0 Å². The zero-order valence-electron chi connectivity index (χ0n) is 18.3. The number of nitrogens with zero attached hydrogens (tertiary/aromatic N) is 1. The van der Waals surface area contributed by atoms with Crippen LogP contribution in [0.3, 0.4) is 0 Å². The third-order valence-electron chi connectivity index (χ3n) is 10.9. The van der Waals surface area contributed by atoms with Gasteiger partial charge in [-0.1, -0.05) is 19.1 Å². The van der Waals surface area contributed by atoms with Gasteiger partial charge in [0.1, 0.15) is 17.8 Å². The van der Waals surface area contributed by atoms with Gasteiger partial charge in [-0.05, 0) is 37.0 Å². The molecule has 3 aliphatic heterocycles. The van der Waals surface area contributed by atoms with Crippen LogP contribution in [-0.4, -0.2) is 69.6 Å². The van der Waals surface area contributed by atoms with Crippen LogP contribution in [0.25, 0.3) is 0 Å². The monoisotopic (exact) mass is 429 g/mol. The smallest absolute Gasteiger partial charge is 0.303 e. The highest BCUT2D eigenvalue weighted by molar-refractivity contribution is 5.67. The fourth-order valence-corrected chi connectivity index (χ4v) is 11.3. The second kappa shape index (κ2) is 5.05. The van der Waals surface area contributed by atoms with Crippen molar-refractivity contribution < 1.29 is 29.3 Å². The number of carbonyl (C=O) groups excluding carboxylic acids is 2. The molecule has 7 heteroatoms. The van der Waals surface area contributed by atoms with Crippen LogP contribution in [0.15, 0.2) is 12.2 Å². The SMILES string of the molecule is C=C1CC23CC4[C@H]5C67CC(OC(C)=O)C[C@@]5(C)CN4C6C2(O)C(OC(C)=O)C1C(O)[C@@H]73. The van der Waals surface area contributed by atoms with E-state index in [2.05, 4.69) is 18.4 Å². The molecular formula is C24H31NO6. The van der Waals surface area contributed by atoms with E-state index in [4.69, 9.17) is 9.47 Å². The van der Waals surface area contributed by atoms with Gasteiger partial charge in [-0.25, -0.2) is 0 Å². The van der Waals surface area contributed by atoms with Crippen LogP contribution < -0.4 is 0 Å². The lowest BCUT2D eigenvalue weighted by Crippen LogP contribution is -2.77. The quantitative estimate of drug-likeness (QED) is 0.500. The van der Waals surface area contributed by atoms with Crippen molar-refractivity contribution in [2.75, 3.05) is 6.54 Å². The number of hydrogen-bond acceptors (Lipinski definition) is 7. The lowest BCUT2D eigenvalue weighted by Gasteiger charge is -2.68. The molecule has 9 bridgehead atoms. The van der Waals surface area contributed by atoms with Gasteiger partial charge in [0.15, 0.2) is 0 Å². The molecule has 10 unspecified atom stereocenters. The molecule has 7 nitrogen and oxygen atoms in total. The van der Waals surface area contributed by atoms with Crippen LogP contribution in [0.1, 0.15) is 46.5 Å². The zero-order chi connectivity index (χ0) is 21.9. The number of fused-ring (bicyclic) bond motifs is 1. The summed E-state index contributed by atoms with van der Waals surface area (Å²) in [5.41, 5.74) is -1.20. The normalized spacial score (nSPS) is 63.5. The van der Waals surface area contributed by atoms with Crippen LogP contribution >= 0.6 is 0 Å². The van der Waals surface area contributed by atoms with E-state index in [-0.39, 0.29) is 34.9 Å². The van der Waals surface area contributed by atoms with Crippen molar-refractivity contribution in [3.63, 3.8) is 0 Å². The second-order valence-electron chi connectivity index (χ2n) is 12.1. The van der Waals surface area contributed by atoms with E-state index in [1.165, 1.54) is 13.8 Å². The van der Waals surface area contributed by atoms with Crippen molar-refractivity contribution in [3.05, 3.63) is 12.2 Å². The lowest BCUT2D eigenvalue weighted by atomic mass is 9.39. The number of esters is 2. The minimum absolute atomic E-state index is 0.0120. The highest BCUT2D eigenvalue weighted by Crippen LogP contribution is 2.88. The Kier molecular flexibility index (Phi) is 3.10. The van der Waals surface area contributed by atoms with E-state index in [0.29, 0.717) is 24.8 Å². The Morgan fingerprint density at radius 2 is 1.84 bits per heavy atom. The van der Waals surface area contributed by atoms with Crippen molar-refractivity contribution in [1.29, 1.82) is 0 Å². The fraction of sp³-hybridized carbons (Fsp3) is 0.833. The van der Waals surface area contributed by atoms with Crippen LogP contribution in [0.2, 0.25) is 0 Å². The van der Waals surface area contributed by atoms with Gasteiger partial charge in [0, 0.05) is 55.1 Å². The molecule has 9 fully saturated rings. The number of hydrogen-bond donors (Lipinski definition) is 2. The van der Waals surface area contributed by atoms with Crippen molar-refractivity contribution in [1.82, 2.24) is 4.90 Å². The molecular weight excluding hydrogens is 398 g/mol. The molecule has 2 spiro atoms. The average Bonchev–Trinajstić information content (AvgIpc) is 3.03. The highest BCUT2D eigenvalue weighted by atomic mass is 16.6. The van der Waals surface area contributed by atoms with Crippen molar-refractivity contribution >= 4 is 11.9 Å². The molecule has 3 heterocycles. The molecule has 168 valence electrons. The lowest BCUT2D eigenvalue weighted by molar-refractivity contribution is -0.284. The molecule has 9 aliphatic rings. The van der Waals surface area contributed by atoms with E-state index in [1.54, 1.807) is 0 Å². The first-order valence-electron chi connectivity index (χ1n) is 11.7. The van der Waals surface area contributed by atoms with Gasteiger partial charge < -0.3 is 19.7 Å². The van der Waals surface area contributed by atoms with Crippen LogP contribution in [-0.2, 0) is 19.1 Å². The summed E-state index contributed by atoms with van der Waals surface area (Å²) in [6.45, 7) is 10.3. The number of ether oxygens (including phenoxy) is 2. The minimum atomic E-state index is -1.21. The fourth-order valence-electron chi connectivity index (χ4n) is 11.3. The Morgan fingerprint density at radius 3 is 2.52 bits per heavy atom. The molecule has 0 aromatic heterocycles. The summed E-state index contributed by atoms with van der Waals surface area (Å²) in [5.74, 6) is -0.896. The Labute approximate surface area is 181 Å².